The number of amides is 3. The van der Waals surface area contributed by atoms with Crippen LogP contribution in [0.1, 0.15) is 43.2 Å². The molecule has 1 aromatic heterocycles. The molecule has 0 unspecified atom stereocenters. The van der Waals surface area contributed by atoms with Crippen LogP contribution in [0.25, 0.3) is 0 Å². The number of carbonyl (C=O) groups is 2. The van der Waals surface area contributed by atoms with Gasteiger partial charge in [-0.2, -0.15) is 0 Å². The highest BCUT2D eigenvalue weighted by atomic mass is 32.1. The first-order valence-electron chi connectivity index (χ1n) is 9.39. The van der Waals surface area contributed by atoms with Gasteiger partial charge in [0, 0.05) is 24.5 Å². The lowest BCUT2D eigenvalue weighted by atomic mass is 10.2. The van der Waals surface area contributed by atoms with Gasteiger partial charge in [0.05, 0.1) is 12.2 Å². The molecule has 158 valence electrons. The summed E-state index contributed by atoms with van der Waals surface area (Å²) in [6.07, 6.45) is 0. The maximum Gasteiger partial charge on any atom is 0.322 e. The lowest BCUT2D eigenvalue weighted by Gasteiger charge is -2.24. The maximum absolute atomic E-state index is 13.9. The van der Waals surface area contributed by atoms with Crippen LogP contribution in [-0.4, -0.2) is 34.9 Å². The summed E-state index contributed by atoms with van der Waals surface area (Å²) >= 11 is 1.28. The van der Waals surface area contributed by atoms with E-state index in [4.69, 9.17) is 0 Å². The number of hydrogen-bond donors (Lipinski definition) is 2. The van der Waals surface area contributed by atoms with E-state index in [9.17, 15) is 18.4 Å². The second kappa shape index (κ2) is 10.3. The lowest BCUT2D eigenvalue weighted by molar-refractivity contribution is 0.0944. The summed E-state index contributed by atoms with van der Waals surface area (Å²) in [7, 11) is 0. The molecule has 0 aliphatic carbocycles. The molecule has 1 heterocycles. The molecule has 0 fully saturated rings. The normalized spacial score (nSPS) is 11.0. The molecule has 0 bridgehead atoms. The fourth-order valence-corrected chi connectivity index (χ4v) is 3.27. The average Bonchev–Trinajstić information content (AvgIpc) is 3.09. The van der Waals surface area contributed by atoms with Crippen LogP contribution in [0.5, 0.6) is 0 Å². The Labute approximate surface area is 173 Å². The molecule has 2 rings (SSSR count). The van der Waals surface area contributed by atoms with E-state index >= 15 is 0 Å². The van der Waals surface area contributed by atoms with Crippen molar-refractivity contribution in [3.05, 3.63) is 45.9 Å². The van der Waals surface area contributed by atoms with Gasteiger partial charge in [-0.3, -0.25) is 4.79 Å². The van der Waals surface area contributed by atoms with E-state index in [1.54, 1.807) is 5.38 Å². The van der Waals surface area contributed by atoms with Crippen LogP contribution in [0.2, 0.25) is 0 Å². The van der Waals surface area contributed by atoms with Gasteiger partial charge in [-0.15, -0.1) is 11.3 Å². The van der Waals surface area contributed by atoms with Crippen LogP contribution in [0.3, 0.4) is 0 Å². The summed E-state index contributed by atoms with van der Waals surface area (Å²) in [6, 6.07) is 2.45. The van der Waals surface area contributed by atoms with Crippen LogP contribution < -0.4 is 10.6 Å². The van der Waals surface area contributed by atoms with Crippen molar-refractivity contribution >= 4 is 29.0 Å². The first-order chi connectivity index (χ1) is 13.7. The largest absolute Gasteiger partial charge is 0.350 e. The number of carbonyl (C=O) groups excluding carboxylic acids is 2. The van der Waals surface area contributed by atoms with Crippen LogP contribution in [-0.2, 0) is 6.54 Å². The Bertz CT molecular complexity index is 855. The van der Waals surface area contributed by atoms with Crippen molar-refractivity contribution in [3.63, 3.8) is 0 Å². The number of urea groups is 1. The molecule has 9 heteroatoms. The van der Waals surface area contributed by atoms with Crippen molar-refractivity contribution in [2.24, 2.45) is 11.8 Å². The Balaban J connectivity index is 2.08. The van der Waals surface area contributed by atoms with Crippen molar-refractivity contribution < 1.29 is 18.4 Å². The first kappa shape index (κ1) is 22.7. The first-order valence-corrected chi connectivity index (χ1v) is 10.3. The van der Waals surface area contributed by atoms with Gasteiger partial charge in [0.2, 0.25) is 0 Å². The molecule has 0 atom stereocenters. The fraction of sp³-hybridized carbons (Fsp3) is 0.450. The van der Waals surface area contributed by atoms with Crippen molar-refractivity contribution in [1.82, 2.24) is 15.2 Å². The number of halogens is 2. The summed E-state index contributed by atoms with van der Waals surface area (Å²) in [6.45, 7) is 9.03. The van der Waals surface area contributed by atoms with E-state index in [1.807, 2.05) is 27.7 Å². The van der Waals surface area contributed by atoms with Crippen molar-refractivity contribution in [3.8, 4) is 0 Å². The molecular weight excluding hydrogens is 398 g/mol. The molecule has 2 N–H and O–H groups in total. The number of hydrogen-bond acceptors (Lipinski definition) is 4. The zero-order chi connectivity index (χ0) is 21.6. The summed E-state index contributed by atoms with van der Waals surface area (Å²) in [4.78, 5) is 30.6. The summed E-state index contributed by atoms with van der Waals surface area (Å²) in [5.74, 6) is -1.33. The summed E-state index contributed by atoms with van der Waals surface area (Å²) in [5, 5.41) is 7.51. The van der Waals surface area contributed by atoms with Gasteiger partial charge >= 0.3 is 6.03 Å². The molecule has 1 aromatic carbocycles. The second-order valence-electron chi connectivity index (χ2n) is 7.56. The van der Waals surface area contributed by atoms with Crippen molar-refractivity contribution in [1.29, 1.82) is 0 Å². The highest BCUT2D eigenvalue weighted by molar-refractivity contribution is 7.09. The van der Waals surface area contributed by atoms with Gasteiger partial charge in [-0.25, -0.2) is 18.6 Å². The van der Waals surface area contributed by atoms with E-state index in [-0.39, 0.29) is 24.1 Å². The number of nitrogens with zero attached hydrogens (tertiary/aromatic N) is 2. The number of nitrogens with one attached hydrogen (secondary N) is 2. The molecule has 3 amide bonds. The van der Waals surface area contributed by atoms with Crippen LogP contribution >= 0.6 is 11.3 Å². The molecule has 0 saturated carbocycles. The number of aromatic nitrogens is 1. The molecular formula is C20H26F2N4O2S. The molecule has 0 saturated heterocycles. The van der Waals surface area contributed by atoms with Gasteiger partial charge in [0.1, 0.15) is 22.3 Å². The Kier molecular flexibility index (Phi) is 8.07. The highest BCUT2D eigenvalue weighted by Crippen LogP contribution is 2.18. The second-order valence-corrected chi connectivity index (χ2v) is 8.50. The van der Waals surface area contributed by atoms with Gasteiger partial charge in [-0.1, -0.05) is 27.7 Å². The minimum Gasteiger partial charge on any atom is -0.350 e. The standard InChI is InChI=1S/C20H26F2N4O2S/c1-12(2)8-23-19(27)17-11-29-18(24-17)10-26(9-13(3)4)20(28)25-16-6-5-14(21)7-15(16)22/h5-7,11-13H,8-10H2,1-4H3,(H,23,27)(H,25,28). The van der Waals surface area contributed by atoms with Gasteiger partial charge < -0.3 is 15.5 Å². The van der Waals surface area contributed by atoms with Crippen LogP contribution in [0, 0.1) is 23.5 Å². The van der Waals surface area contributed by atoms with E-state index in [2.05, 4.69) is 15.6 Å². The third kappa shape index (κ3) is 7.08. The van der Waals surface area contributed by atoms with Gasteiger partial charge in [0.25, 0.3) is 5.91 Å². The van der Waals surface area contributed by atoms with Gasteiger partial charge in [0.15, 0.2) is 0 Å². The number of rotatable bonds is 8. The monoisotopic (exact) mass is 424 g/mol. The minimum atomic E-state index is -0.846. The third-order valence-electron chi connectivity index (χ3n) is 3.83. The number of anilines is 1. The van der Waals surface area contributed by atoms with Crippen LogP contribution in [0.4, 0.5) is 19.3 Å². The molecule has 0 spiro atoms. The lowest BCUT2D eigenvalue weighted by Crippen LogP contribution is -2.37. The Morgan fingerprint density at radius 2 is 1.90 bits per heavy atom. The molecule has 0 radical (unpaired) electrons. The number of benzene rings is 1. The Morgan fingerprint density at radius 3 is 2.52 bits per heavy atom. The molecule has 0 aliphatic heterocycles. The van der Waals surface area contributed by atoms with E-state index in [0.29, 0.717) is 35.8 Å². The molecule has 2 aromatic rings. The Hall–Kier alpha value is -2.55. The molecule has 29 heavy (non-hydrogen) atoms. The fourth-order valence-electron chi connectivity index (χ4n) is 2.48. The topological polar surface area (TPSA) is 74.3 Å². The Morgan fingerprint density at radius 1 is 1.17 bits per heavy atom. The smallest absolute Gasteiger partial charge is 0.322 e. The molecule has 6 nitrogen and oxygen atoms in total. The highest BCUT2D eigenvalue weighted by Gasteiger charge is 2.20. The van der Waals surface area contributed by atoms with Crippen molar-refractivity contribution in [2.75, 3.05) is 18.4 Å². The van der Waals surface area contributed by atoms with Gasteiger partial charge in [-0.05, 0) is 24.0 Å². The molecule has 0 aliphatic rings. The average molecular weight is 425 g/mol. The summed E-state index contributed by atoms with van der Waals surface area (Å²) in [5.41, 5.74) is 0.207. The minimum absolute atomic E-state index is 0.0990. The predicted molar refractivity (Wildman–Crippen MR) is 110 cm³/mol. The predicted octanol–water partition coefficient (Wildman–Crippen LogP) is 4.50. The zero-order valence-electron chi connectivity index (χ0n) is 17.0. The van der Waals surface area contributed by atoms with E-state index in [0.717, 1.165) is 6.07 Å². The zero-order valence-corrected chi connectivity index (χ0v) is 17.8. The number of thiazole rings is 1. The maximum atomic E-state index is 13.9. The SMILES string of the molecule is CC(C)CNC(=O)c1csc(CN(CC(C)C)C(=O)Nc2ccc(F)cc2F)n1. The van der Waals surface area contributed by atoms with E-state index < -0.39 is 17.7 Å². The van der Waals surface area contributed by atoms with E-state index in [1.165, 1.54) is 22.3 Å². The van der Waals surface area contributed by atoms with Crippen molar-refractivity contribution in [2.45, 2.75) is 34.2 Å². The summed E-state index contributed by atoms with van der Waals surface area (Å²) < 4.78 is 26.9. The quantitative estimate of drug-likeness (QED) is 0.655. The van der Waals surface area contributed by atoms with Crippen LogP contribution in [0.15, 0.2) is 23.6 Å². The third-order valence-corrected chi connectivity index (χ3v) is 4.66.